The molecule has 3 rings (SSSR count). The Balaban J connectivity index is 2.33. The van der Waals surface area contributed by atoms with Crippen molar-refractivity contribution in [3.05, 3.63) is 59.8 Å². The van der Waals surface area contributed by atoms with Crippen molar-refractivity contribution in [1.29, 1.82) is 0 Å². The molecule has 1 aromatic heterocycles. The maximum Gasteiger partial charge on any atom is 0.117 e. The van der Waals surface area contributed by atoms with Crippen LogP contribution in [0.5, 0.6) is 5.75 Å². The molecule has 1 heterocycles. The van der Waals surface area contributed by atoms with Crippen molar-refractivity contribution in [1.82, 2.24) is 4.98 Å². The van der Waals surface area contributed by atoms with Crippen LogP contribution in [-0.4, -0.2) is 10.1 Å². The molecule has 2 aromatic carbocycles. The normalized spacial score (nSPS) is 10.7. The van der Waals surface area contributed by atoms with E-state index in [0.717, 1.165) is 22.0 Å². The zero-order chi connectivity index (χ0) is 12.5. The maximum absolute atomic E-state index is 9.48. The molecule has 0 saturated carbocycles. The van der Waals surface area contributed by atoms with E-state index in [1.807, 2.05) is 36.4 Å². The molecule has 3 aromatic rings. The largest absolute Gasteiger partial charge is 0.508 e. The molecule has 0 spiro atoms. The summed E-state index contributed by atoms with van der Waals surface area (Å²) >= 11 is 6.22. The number of benzene rings is 2. The maximum atomic E-state index is 9.48. The molecule has 0 saturated heterocycles. The summed E-state index contributed by atoms with van der Waals surface area (Å²) in [5.74, 6) is 0.214. The molecule has 0 atom stereocenters. The van der Waals surface area contributed by atoms with Gasteiger partial charge in [0.2, 0.25) is 0 Å². The molecule has 2 nitrogen and oxygen atoms in total. The zero-order valence-corrected chi connectivity index (χ0v) is 10.2. The topological polar surface area (TPSA) is 33.1 Å². The minimum Gasteiger partial charge on any atom is -0.508 e. The Morgan fingerprint density at radius 2 is 1.78 bits per heavy atom. The Morgan fingerprint density at radius 1 is 0.944 bits per heavy atom. The highest BCUT2D eigenvalue weighted by atomic mass is 35.5. The molecule has 0 aliphatic heterocycles. The van der Waals surface area contributed by atoms with Gasteiger partial charge in [-0.25, -0.2) is 0 Å². The molecule has 1 N–H and O–H groups in total. The van der Waals surface area contributed by atoms with E-state index in [1.54, 1.807) is 18.3 Å². The molecule has 0 bridgehead atoms. The van der Waals surface area contributed by atoms with Crippen LogP contribution in [0.15, 0.2) is 54.7 Å². The molecule has 0 fully saturated rings. The second kappa shape index (κ2) is 4.31. The molecule has 0 amide bonds. The first-order valence-corrected chi connectivity index (χ1v) is 5.96. The highest BCUT2D eigenvalue weighted by molar-refractivity contribution is 6.33. The monoisotopic (exact) mass is 255 g/mol. The van der Waals surface area contributed by atoms with E-state index in [1.165, 1.54) is 0 Å². The molecule has 88 valence electrons. The van der Waals surface area contributed by atoms with E-state index in [4.69, 9.17) is 11.6 Å². The molecule has 0 aliphatic rings. The van der Waals surface area contributed by atoms with Gasteiger partial charge in [-0.1, -0.05) is 29.8 Å². The highest BCUT2D eigenvalue weighted by Crippen LogP contribution is 2.33. The van der Waals surface area contributed by atoms with Gasteiger partial charge in [-0.3, -0.25) is 4.98 Å². The molecular weight excluding hydrogens is 246 g/mol. The number of halogens is 1. The predicted octanol–water partition coefficient (Wildman–Crippen LogP) is 4.26. The van der Waals surface area contributed by atoms with Crippen molar-refractivity contribution < 1.29 is 5.11 Å². The summed E-state index contributed by atoms with van der Waals surface area (Å²) in [6, 6.07) is 14.8. The van der Waals surface area contributed by atoms with Gasteiger partial charge >= 0.3 is 0 Å². The molecule has 18 heavy (non-hydrogen) atoms. The van der Waals surface area contributed by atoms with Crippen LogP contribution in [-0.2, 0) is 0 Å². The van der Waals surface area contributed by atoms with Crippen LogP contribution in [0.25, 0.3) is 22.0 Å². The van der Waals surface area contributed by atoms with E-state index >= 15 is 0 Å². The summed E-state index contributed by atoms with van der Waals surface area (Å²) in [4.78, 5) is 4.25. The zero-order valence-electron chi connectivity index (χ0n) is 9.47. The van der Waals surface area contributed by atoms with Crippen molar-refractivity contribution in [2.75, 3.05) is 0 Å². The van der Waals surface area contributed by atoms with Gasteiger partial charge in [-0.05, 0) is 29.8 Å². The van der Waals surface area contributed by atoms with Crippen molar-refractivity contribution in [2.45, 2.75) is 0 Å². The molecule has 0 aliphatic carbocycles. The lowest BCUT2D eigenvalue weighted by atomic mass is 10.0. The number of nitrogens with zero attached hydrogens (tertiary/aromatic N) is 1. The van der Waals surface area contributed by atoms with Crippen LogP contribution in [0.3, 0.4) is 0 Å². The highest BCUT2D eigenvalue weighted by Gasteiger charge is 2.07. The number of phenols is 1. The van der Waals surface area contributed by atoms with Gasteiger partial charge < -0.3 is 5.11 Å². The second-order valence-corrected chi connectivity index (χ2v) is 4.45. The quantitative estimate of drug-likeness (QED) is 0.705. The molecular formula is C15H10ClNO. The van der Waals surface area contributed by atoms with Crippen LogP contribution in [0.4, 0.5) is 0 Å². The average molecular weight is 256 g/mol. The van der Waals surface area contributed by atoms with Gasteiger partial charge in [-0.2, -0.15) is 0 Å². The first-order chi connectivity index (χ1) is 8.75. The smallest absolute Gasteiger partial charge is 0.117 e. The fourth-order valence-corrected chi connectivity index (χ4v) is 2.29. The molecule has 0 radical (unpaired) electrons. The summed E-state index contributed by atoms with van der Waals surface area (Å²) in [6.07, 6.45) is 1.72. The second-order valence-electron chi connectivity index (χ2n) is 4.04. The van der Waals surface area contributed by atoms with E-state index in [2.05, 4.69) is 4.98 Å². The standard InChI is InChI=1S/C15H10ClNO/c16-14-4-2-1-3-12(14)11-7-8-17-15-9-10(18)5-6-13(11)15/h1-9,18H. The molecule has 0 unspecified atom stereocenters. The summed E-state index contributed by atoms with van der Waals surface area (Å²) in [7, 11) is 0. The fourth-order valence-electron chi connectivity index (χ4n) is 2.05. The Hall–Kier alpha value is -2.06. The van der Waals surface area contributed by atoms with Crippen molar-refractivity contribution in [2.24, 2.45) is 0 Å². The lowest BCUT2D eigenvalue weighted by molar-refractivity contribution is 0.476. The first-order valence-electron chi connectivity index (χ1n) is 5.58. The third-order valence-corrected chi connectivity index (χ3v) is 3.22. The summed E-state index contributed by atoms with van der Waals surface area (Å²) in [5, 5.41) is 11.2. The van der Waals surface area contributed by atoms with E-state index in [-0.39, 0.29) is 5.75 Å². The van der Waals surface area contributed by atoms with Gasteiger partial charge in [-0.15, -0.1) is 0 Å². The number of fused-ring (bicyclic) bond motifs is 1. The fraction of sp³-hybridized carbons (Fsp3) is 0. The van der Waals surface area contributed by atoms with Gasteiger partial charge in [0, 0.05) is 28.2 Å². The molecule has 3 heteroatoms. The Morgan fingerprint density at radius 3 is 2.61 bits per heavy atom. The minimum atomic E-state index is 0.214. The SMILES string of the molecule is Oc1ccc2c(-c3ccccc3Cl)ccnc2c1. The van der Waals surface area contributed by atoms with Gasteiger partial charge in [0.05, 0.1) is 5.52 Å². The minimum absolute atomic E-state index is 0.214. The Labute approximate surface area is 109 Å². The van der Waals surface area contributed by atoms with Crippen LogP contribution in [0, 0.1) is 0 Å². The predicted molar refractivity (Wildman–Crippen MR) is 73.9 cm³/mol. The lowest BCUT2D eigenvalue weighted by Crippen LogP contribution is -1.85. The first kappa shape index (κ1) is 11.1. The number of rotatable bonds is 1. The van der Waals surface area contributed by atoms with Crippen LogP contribution in [0.1, 0.15) is 0 Å². The van der Waals surface area contributed by atoms with Crippen LogP contribution >= 0.6 is 11.6 Å². The number of pyridine rings is 1. The van der Waals surface area contributed by atoms with Crippen molar-refractivity contribution in [3.63, 3.8) is 0 Å². The lowest BCUT2D eigenvalue weighted by Gasteiger charge is -2.08. The van der Waals surface area contributed by atoms with Crippen molar-refractivity contribution >= 4 is 22.5 Å². The van der Waals surface area contributed by atoms with Gasteiger partial charge in [0.1, 0.15) is 5.75 Å². The Bertz CT molecular complexity index is 725. The number of phenolic OH excluding ortho intramolecular Hbond substituents is 1. The van der Waals surface area contributed by atoms with Gasteiger partial charge in [0.15, 0.2) is 0 Å². The van der Waals surface area contributed by atoms with Crippen LogP contribution in [0.2, 0.25) is 5.02 Å². The average Bonchev–Trinajstić information content (AvgIpc) is 2.38. The number of aromatic nitrogens is 1. The van der Waals surface area contributed by atoms with Crippen molar-refractivity contribution in [3.8, 4) is 16.9 Å². The summed E-state index contributed by atoms with van der Waals surface area (Å²) in [6.45, 7) is 0. The van der Waals surface area contributed by atoms with E-state index < -0.39 is 0 Å². The summed E-state index contributed by atoms with van der Waals surface area (Å²) < 4.78 is 0. The number of aromatic hydroxyl groups is 1. The number of hydrogen-bond acceptors (Lipinski definition) is 2. The van der Waals surface area contributed by atoms with Crippen LogP contribution < -0.4 is 0 Å². The third kappa shape index (κ3) is 1.81. The number of hydrogen-bond donors (Lipinski definition) is 1. The third-order valence-electron chi connectivity index (χ3n) is 2.89. The van der Waals surface area contributed by atoms with Gasteiger partial charge in [0.25, 0.3) is 0 Å². The summed E-state index contributed by atoms with van der Waals surface area (Å²) in [5.41, 5.74) is 2.75. The van der Waals surface area contributed by atoms with E-state index in [0.29, 0.717) is 5.02 Å². The Kier molecular flexibility index (Phi) is 2.65. The van der Waals surface area contributed by atoms with E-state index in [9.17, 15) is 5.11 Å².